The van der Waals surface area contributed by atoms with Crippen LogP contribution < -0.4 is 9.46 Å². The quantitative estimate of drug-likeness (QED) is 0.625. The summed E-state index contributed by atoms with van der Waals surface area (Å²) in [5, 5.41) is 0.456. The summed E-state index contributed by atoms with van der Waals surface area (Å²) in [4.78, 5) is 8.92. The number of ether oxygens (including phenoxy) is 1. The molecule has 1 unspecified atom stereocenters. The molecule has 1 atom stereocenters. The highest BCUT2D eigenvalue weighted by Crippen LogP contribution is 2.27. The summed E-state index contributed by atoms with van der Waals surface area (Å²) in [6.07, 6.45) is 0.937. The van der Waals surface area contributed by atoms with Gasteiger partial charge in [-0.25, -0.2) is 18.4 Å². The molecule has 6 nitrogen and oxygen atoms in total. The summed E-state index contributed by atoms with van der Waals surface area (Å²) in [5.74, 6) is 0.525. The van der Waals surface area contributed by atoms with Crippen molar-refractivity contribution in [2.75, 3.05) is 11.3 Å². The van der Waals surface area contributed by atoms with E-state index in [-0.39, 0.29) is 16.6 Å². The molecule has 27 heavy (non-hydrogen) atoms. The number of nitrogens with one attached hydrogen (secondary N) is 1. The predicted octanol–water partition coefficient (Wildman–Crippen LogP) is 4.51. The molecule has 0 saturated carbocycles. The smallest absolute Gasteiger partial charge is 0.263 e. The lowest BCUT2D eigenvalue weighted by atomic mass is 10.1. The van der Waals surface area contributed by atoms with Crippen molar-refractivity contribution < 1.29 is 13.2 Å². The van der Waals surface area contributed by atoms with Gasteiger partial charge in [0, 0.05) is 5.02 Å². The molecule has 1 N–H and O–H groups in total. The first-order valence-corrected chi connectivity index (χ1v) is 10.4. The van der Waals surface area contributed by atoms with Crippen LogP contribution >= 0.6 is 11.6 Å². The molecule has 0 radical (unpaired) electrons. The lowest BCUT2D eigenvalue weighted by molar-refractivity contribution is 0.249. The number of anilines is 1. The molecule has 0 spiro atoms. The van der Waals surface area contributed by atoms with Crippen molar-refractivity contribution in [3.05, 3.63) is 53.6 Å². The first kappa shape index (κ1) is 19.4. The molecule has 8 heteroatoms. The Morgan fingerprint density at radius 3 is 2.33 bits per heavy atom. The van der Waals surface area contributed by atoms with Gasteiger partial charge in [0.05, 0.1) is 22.5 Å². The fraction of sp³-hybridized carbons (Fsp3) is 0.263. The molecule has 1 aromatic heterocycles. The third-order valence-electron chi connectivity index (χ3n) is 4.10. The summed E-state index contributed by atoms with van der Waals surface area (Å²) in [5.41, 5.74) is 1.20. The van der Waals surface area contributed by atoms with Crippen LogP contribution in [0.5, 0.6) is 5.88 Å². The summed E-state index contributed by atoms with van der Waals surface area (Å²) in [6.45, 7) is 4.52. The first-order valence-electron chi connectivity index (χ1n) is 8.57. The summed E-state index contributed by atoms with van der Waals surface area (Å²) in [7, 11) is -3.86. The Kier molecular flexibility index (Phi) is 5.82. The van der Waals surface area contributed by atoms with Crippen LogP contribution in [0.15, 0.2) is 53.4 Å². The lowest BCUT2D eigenvalue weighted by Gasteiger charge is -2.15. The maximum Gasteiger partial charge on any atom is 0.263 e. The van der Waals surface area contributed by atoms with Gasteiger partial charge in [-0.05, 0) is 42.3 Å². The van der Waals surface area contributed by atoms with E-state index in [4.69, 9.17) is 16.3 Å². The summed E-state index contributed by atoms with van der Waals surface area (Å²) >= 11 is 5.84. The van der Waals surface area contributed by atoms with Crippen LogP contribution in [0.4, 0.5) is 5.82 Å². The van der Waals surface area contributed by atoms with E-state index in [0.29, 0.717) is 28.6 Å². The van der Waals surface area contributed by atoms with Crippen LogP contribution in [0.2, 0.25) is 5.02 Å². The minimum absolute atomic E-state index is 0.0620. The van der Waals surface area contributed by atoms with Crippen molar-refractivity contribution in [1.82, 2.24) is 9.97 Å². The number of benzene rings is 2. The normalized spacial score (nSPS) is 12.7. The monoisotopic (exact) mass is 405 g/mol. The largest absolute Gasteiger partial charge is 0.475 e. The van der Waals surface area contributed by atoms with Gasteiger partial charge in [-0.1, -0.05) is 44.0 Å². The Labute approximate surface area is 163 Å². The van der Waals surface area contributed by atoms with E-state index >= 15 is 0 Å². The second-order valence-electron chi connectivity index (χ2n) is 6.25. The van der Waals surface area contributed by atoms with Gasteiger partial charge >= 0.3 is 0 Å². The Morgan fingerprint density at radius 2 is 1.70 bits per heavy atom. The van der Waals surface area contributed by atoms with Gasteiger partial charge < -0.3 is 4.74 Å². The predicted molar refractivity (Wildman–Crippen MR) is 107 cm³/mol. The van der Waals surface area contributed by atoms with Crippen LogP contribution in [0.3, 0.4) is 0 Å². The lowest BCUT2D eigenvalue weighted by Crippen LogP contribution is -2.17. The number of hydrogen-bond donors (Lipinski definition) is 1. The maximum absolute atomic E-state index is 12.7. The van der Waals surface area contributed by atoms with E-state index in [0.717, 1.165) is 6.42 Å². The third-order valence-corrected chi connectivity index (χ3v) is 5.70. The van der Waals surface area contributed by atoms with Crippen LogP contribution in [0.1, 0.15) is 20.3 Å². The average Bonchev–Trinajstić information content (AvgIpc) is 2.66. The Balaban J connectivity index is 1.98. The fourth-order valence-electron chi connectivity index (χ4n) is 2.29. The van der Waals surface area contributed by atoms with E-state index in [2.05, 4.69) is 21.6 Å². The van der Waals surface area contributed by atoms with Gasteiger partial charge in [-0.3, -0.25) is 4.72 Å². The number of halogens is 1. The highest BCUT2D eigenvalue weighted by atomic mass is 35.5. The van der Waals surface area contributed by atoms with Crippen molar-refractivity contribution in [2.24, 2.45) is 5.92 Å². The second kappa shape index (κ2) is 8.10. The SMILES string of the molecule is CCC(C)COc1nc2ccccc2nc1NS(=O)(=O)c1ccc(Cl)cc1. The molecule has 1 heterocycles. The fourth-order valence-corrected chi connectivity index (χ4v) is 3.42. The molecule has 142 valence electrons. The van der Waals surface area contributed by atoms with Crippen molar-refractivity contribution in [3.63, 3.8) is 0 Å². The van der Waals surface area contributed by atoms with Crippen molar-refractivity contribution in [1.29, 1.82) is 0 Å². The maximum atomic E-state index is 12.7. The van der Waals surface area contributed by atoms with Gasteiger partial charge in [-0.2, -0.15) is 0 Å². The Bertz CT molecular complexity index is 1040. The molecule has 3 aromatic rings. The Hall–Kier alpha value is -2.38. The van der Waals surface area contributed by atoms with Crippen molar-refractivity contribution in [3.8, 4) is 5.88 Å². The van der Waals surface area contributed by atoms with E-state index in [1.165, 1.54) is 24.3 Å². The number of aromatic nitrogens is 2. The second-order valence-corrected chi connectivity index (χ2v) is 8.37. The molecule has 0 saturated heterocycles. The number of para-hydroxylation sites is 2. The topological polar surface area (TPSA) is 81.2 Å². The van der Waals surface area contributed by atoms with Crippen LogP contribution in [-0.2, 0) is 10.0 Å². The zero-order chi connectivity index (χ0) is 19.4. The molecule has 0 aliphatic heterocycles. The van der Waals surface area contributed by atoms with Gasteiger partial charge in [-0.15, -0.1) is 0 Å². The zero-order valence-corrected chi connectivity index (χ0v) is 16.6. The van der Waals surface area contributed by atoms with Gasteiger partial charge in [0.15, 0.2) is 0 Å². The van der Waals surface area contributed by atoms with Crippen molar-refractivity contribution in [2.45, 2.75) is 25.2 Å². The molecule has 0 aliphatic rings. The minimum atomic E-state index is -3.86. The molecule has 3 rings (SSSR count). The molecule has 0 bridgehead atoms. The molecule has 0 aliphatic carbocycles. The number of sulfonamides is 1. The van der Waals surface area contributed by atoms with E-state index in [1.54, 1.807) is 12.1 Å². The van der Waals surface area contributed by atoms with Crippen LogP contribution in [-0.4, -0.2) is 25.0 Å². The average molecular weight is 406 g/mol. The highest BCUT2D eigenvalue weighted by Gasteiger charge is 2.20. The Morgan fingerprint density at radius 1 is 1.07 bits per heavy atom. The molecule has 0 fully saturated rings. The van der Waals surface area contributed by atoms with E-state index in [1.807, 2.05) is 19.1 Å². The van der Waals surface area contributed by atoms with Crippen molar-refractivity contribution >= 4 is 38.5 Å². The molecule has 0 amide bonds. The van der Waals surface area contributed by atoms with Gasteiger partial charge in [0.2, 0.25) is 5.82 Å². The number of rotatable bonds is 7. The van der Waals surface area contributed by atoms with E-state index in [9.17, 15) is 8.42 Å². The standard InChI is InChI=1S/C19H20ClN3O3S/c1-3-13(2)12-26-19-18(21-16-6-4-5-7-17(16)22-19)23-27(24,25)15-10-8-14(20)9-11-15/h4-11,13H,3,12H2,1-2H3,(H,21,23). The van der Waals surface area contributed by atoms with Crippen LogP contribution in [0, 0.1) is 5.92 Å². The summed E-state index contributed by atoms with van der Waals surface area (Å²) < 4.78 is 33.7. The summed E-state index contributed by atoms with van der Waals surface area (Å²) in [6, 6.07) is 13.1. The zero-order valence-electron chi connectivity index (χ0n) is 15.0. The molecular formula is C19H20ClN3O3S. The van der Waals surface area contributed by atoms with Gasteiger partial charge in [0.1, 0.15) is 0 Å². The van der Waals surface area contributed by atoms with E-state index < -0.39 is 10.0 Å². The number of nitrogens with zero attached hydrogens (tertiary/aromatic N) is 2. The minimum Gasteiger partial charge on any atom is -0.475 e. The van der Waals surface area contributed by atoms with Crippen LogP contribution in [0.25, 0.3) is 11.0 Å². The molecular weight excluding hydrogens is 386 g/mol. The number of hydrogen-bond acceptors (Lipinski definition) is 5. The highest BCUT2D eigenvalue weighted by molar-refractivity contribution is 7.92. The first-order chi connectivity index (χ1) is 12.9. The number of fused-ring (bicyclic) bond motifs is 1. The molecule has 2 aromatic carbocycles. The van der Waals surface area contributed by atoms with Gasteiger partial charge in [0.25, 0.3) is 15.9 Å². The third kappa shape index (κ3) is 4.67.